The first-order valence-electron chi connectivity index (χ1n) is 7.34. The monoisotopic (exact) mass is 323 g/mol. The molecule has 0 bridgehead atoms. The molecule has 0 aliphatic carbocycles. The van der Waals surface area contributed by atoms with Crippen LogP contribution in [0.15, 0.2) is 57.7 Å². The summed E-state index contributed by atoms with van der Waals surface area (Å²) >= 11 is 0. The Morgan fingerprint density at radius 3 is 2.71 bits per heavy atom. The molecule has 2 aromatic carbocycles. The molecule has 0 saturated carbocycles. The zero-order chi connectivity index (χ0) is 16.7. The third-order valence-electron chi connectivity index (χ3n) is 3.92. The van der Waals surface area contributed by atoms with Gasteiger partial charge in [-0.3, -0.25) is 4.79 Å². The Morgan fingerprint density at radius 2 is 1.83 bits per heavy atom. The number of hydrogen-bond donors (Lipinski definition) is 0. The molecule has 6 heteroatoms. The number of rotatable bonds is 2. The fourth-order valence-electron chi connectivity index (χ4n) is 2.60. The lowest BCUT2D eigenvalue weighted by molar-refractivity contribution is 0.0989. The molecule has 4 rings (SSSR count). The molecule has 6 nitrogen and oxygen atoms in total. The molecule has 120 valence electrons. The van der Waals surface area contributed by atoms with Gasteiger partial charge in [0.05, 0.1) is 0 Å². The Hall–Kier alpha value is -3.28. The van der Waals surface area contributed by atoms with E-state index in [1.165, 1.54) is 4.90 Å². The summed E-state index contributed by atoms with van der Waals surface area (Å²) in [6.07, 6.45) is 0. The largest absolute Gasteiger partial charge is 0.454 e. The van der Waals surface area contributed by atoms with E-state index in [1.54, 1.807) is 49.5 Å². The molecular formula is C18H13NO5. The summed E-state index contributed by atoms with van der Waals surface area (Å²) in [6.45, 7) is 0.157. The van der Waals surface area contributed by atoms with Crippen LogP contribution in [-0.2, 0) is 0 Å². The van der Waals surface area contributed by atoms with E-state index in [1.807, 2.05) is 6.07 Å². The first kappa shape index (κ1) is 14.3. The van der Waals surface area contributed by atoms with Crippen molar-refractivity contribution in [1.82, 2.24) is 0 Å². The highest BCUT2D eigenvalue weighted by atomic mass is 16.7. The first-order chi connectivity index (χ1) is 11.6. The number of fused-ring (bicyclic) bond motifs is 2. The van der Waals surface area contributed by atoms with E-state index in [2.05, 4.69) is 0 Å². The zero-order valence-electron chi connectivity index (χ0n) is 12.8. The fraction of sp³-hybridized carbons (Fsp3) is 0.111. The second-order valence-electron chi connectivity index (χ2n) is 5.39. The van der Waals surface area contributed by atoms with Gasteiger partial charge in [0.15, 0.2) is 11.5 Å². The first-order valence-corrected chi connectivity index (χ1v) is 7.34. The SMILES string of the molecule is CN(C(=O)c1cc2ccccc2oc1=O)c1ccc2c(c1)OCO2. The minimum Gasteiger partial charge on any atom is -0.454 e. The van der Waals surface area contributed by atoms with Crippen LogP contribution in [0.1, 0.15) is 10.4 Å². The average Bonchev–Trinajstić information content (AvgIpc) is 3.07. The van der Waals surface area contributed by atoms with Gasteiger partial charge in [-0.2, -0.15) is 0 Å². The molecule has 0 radical (unpaired) electrons. The molecule has 0 N–H and O–H groups in total. The van der Waals surface area contributed by atoms with Crippen LogP contribution in [-0.4, -0.2) is 19.7 Å². The third-order valence-corrected chi connectivity index (χ3v) is 3.92. The smallest absolute Gasteiger partial charge is 0.349 e. The molecule has 1 aromatic heterocycles. The molecule has 0 spiro atoms. The summed E-state index contributed by atoms with van der Waals surface area (Å²) in [4.78, 5) is 26.2. The van der Waals surface area contributed by atoms with Crippen molar-refractivity contribution in [2.24, 2.45) is 0 Å². The summed E-state index contributed by atoms with van der Waals surface area (Å²) in [5.74, 6) is 0.746. The number of para-hydroxylation sites is 1. The number of nitrogens with zero attached hydrogens (tertiary/aromatic N) is 1. The predicted molar refractivity (Wildman–Crippen MR) is 87.8 cm³/mol. The van der Waals surface area contributed by atoms with Crippen molar-refractivity contribution in [3.63, 3.8) is 0 Å². The maximum absolute atomic E-state index is 12.7. The van der Waals surface area contributed by atoms with Gasteiger partial charge in [0.25, 0.3) is 5.91 Å². The van der Waals surface area contributed by atoms with Crippen molar-refractivity contribution in [1.29, 1.82) is 0 Å². The van der Waals surface area contributed by atoms with E-state index in [0.29, 0.717) is 28.2 Å². The molecule has 1 aliphatic heterocycles. The van der Waals surface area contributed by atoms with Crippen LogP contribution in [0.3, 0.4) is 0 Å². The van der Waals surface area contributed by atoms with Crippen molar-refractivity contribution in [3.8, 4) is 11.5 Å². The fourth-order valence-corrected chi connectivity index (χ4v) is 2.60. The summed E-state index contributed by atoms with van der Waals surface area (Å²) in [7, 11) is 1.59. The molecule has 1 aliphatic rings. The predicted octanol–water partition coefficient (Wildman–Crippen LogP) is 2.80. The maximum Gasteiger partial charge on any atom is 0.349 e. The Kier molecular flexibility index (Phi) is 3.23. The lowest BCUT2D eigenvalue weighted by atomic mass is 10.1. The van der Waals surface area contributed by atoms with E-state index in [9.17, 15) is 9.59 Å². The van der Waals surface area contributed by atoms with E-state index in [-0.39, 0.29) is 12.4 Å². The molecule has 24 heavy (non-hydrogen) atoms. The number of carbonyl (C=O) groups is 1. The highest BCUT2D eigenvalue weighted by Gasteiger charge is 2.21. The molecule has 0 unspecified atom stereocenters. The second kappa shape index (κ2) is 5.42. The Balaban J connectivity index is 1.73. The normalized spacial score (nSPS) is 12.4. The second-order valence-corrected chi connectivity index (χ2v) is 5.39. The van der Waals surface area contributed by atoms with Crippen LogP contribution in [0.2, 0.25) is 0 Å². The Bertz CT molecular complexity index is 1010. The van der Waals surface area contributed by atoms with Crippen LogP contribution >= 0.6 is 0 Å². The molecule has 0 saturated heterocycles. The van der Waals surface area contributed by atoms with Crippen LogP contribution in [0.5, 0.6) is 11.5 Å². The van der Waals surface area contributed by atoms with Gasteiger partial charge < -0.3 is 18.8 Å². The van der Waals surface area contributed by atoms with Gasteiger partial charge >= 0.3 is 5.63 Å². The molecular weight excluding hydrogens is 310 g/mol. The van der Waals surface area contributed by atoms with Gasteiger partial charge in [-0.25, -0.2) is 4.79 Å². The van der Waals surface area contributed by atoms with Gasteiger partial charge in [-0.1, -0.05) is 18.2 Å². The standard InChI is InChI=1S/C18H13NO5/c1-19(12-6-7-15-16(9-12)23-10-22-15)17(20)13-8-11-4-2-3-5-14(11)24-18(13)21/h2-9H,10H2,1H3. The lowest BCUT2D eigenvalue weighted by Crippen LogP contribution is -2.30. The quantitative estimate of drug-likeness (QED) is 0.678. The number of amides is 1. The van der Waals surface area contributed by atoms with Gasteiger partial charge in [-0.15, -0.1) is 0 Å². The lowest BCUT2D eigenvalue weighted by Gasteiger charge is -2.17. The molecule has 0 atom stereocenters. The van der Waals surface area contributed by atoms with Crippen molar-refractivity contribution >= 4 is 22.6 Å². The van der Waals surface area contributed by atoms with E-state index < -0.39 is 11.5 Å². The van der Waals surface area contributed by atoms with Crippen LogP contribution in [0, 0.1) is 0 Å². The number of benzene rings is 2. The van der Waals surface area contributed by atoms with Gasteiger partial charge in [0.1, 0.15) is 11.1 Å². The van der Waals surface area contributed by atoms with E-state index in [0.717, 1.165) is 0 Å². The Morgan fingerprint density at radius 1 is 1.04 bits per heavy atom. The van der Waals surface area contributed by atoms with Crippen molar-refractivity contribution < 1.29 is 18.7 Å². The van der Waals surface area contributed by atoms with Crippen LogP contribution < -0.4 is 20.0 Å². The average molecular weight is 323 g/mol. The molecule has 3 aromatic rings. The summed E-state index contributed by atoms with van der Waals surface area (Å²) < 4.78 is 15.8. The van der Waals surface area contributed by atoms with Crippen molar-refractivity contribution in [3.05, 3.63) is 64.5 Å². The summed E-state index contributed by atoms with van der Waals surface area (Å²) in [5.41, 5.74) is 0.363. The number of hydrogen-bond acceptors (Lipinski definition) is 5. The van der Waals surface area contributed by atoms with Crippen LogP contribution in [0.4, 0.5) is 5.69 Å². The molecule has 1 amide bonds. The number of carbonyl (C=O) groups excluding carboxylic acids is 1. The van der Waals surface area contributed by atoms with Crippen molar-refractivity contribution in [2.75, 3.05) is 18.7 Å². The topological polar surface area (TPSA) is 69.0 Å². The minimum atomic E-state index is -0.661. The summed E-state index contributed by atoms with van der Waals surface area (Å²) in [5, 5.41) is 0.694. The zero-order valence-corrected chi connectivity index (χ0v) is 12.8. The van der Waals surface area contributed by atoms with E-state index >= 15 is 0 Å². The van der Waals surface area contributed by atoms with Crippen LogP contribution in [0.25, 0.3) is 11.0 Å². The highest BCUT2D eigenvalue weighted by molar-refractivity contribution is 6.06. The number of ether oxygens (including phenoxy) is 2. The summed E-state index contributed by atoms with van der Waals surface area (Å²) in [6, 6.07) is 13.8. The van der Waals surface area contributed by atoms with Gasteiger partial charge in [0.2, 0.25) is 6.79 Å². The Labute approximate surface area is 136 Å². The van der Waals surface area contributed by atoms with Gasteiger partial charge in [-0.05, 0) is 24.3 Å². The van der Waals surface area contributed by atoms with Gasteiger partial charge in [0, 0.05) is 24.2 Å². The highest BCUT2D eigenvalue weighted by Crippen LogP contribution is 2.35. The number of anilines is 1. The van der Waals surface area contributed by atoms with E-state index in [4.69, 9.17) is 13.9 Å². The maximum atomic E-state index is 12.7. The molecule has 0 fully saturated rings. The molecule has 2 heterocycles. The van der Waals surface area contributed by atoms with Crippen molar-refractivity contribution in [2.45, 2.75) is 0 Å². The minimum absolute atomic E-state index is 0.0196. The third kappa shape index (κ3) is 2.28.